The molecular formula is C19H25N3O3. The van der Waals surface area contributed by atoms with Crippen molar-refractivity contribution in [3.05, 3.63) is 36.0 Å². The fourth-order valence-corrected chi connectivity index (χ4v) is 3.10. The number of piperazine rings is 1. The number of ether oxygens (including phenoxy) is 1. The zero-order chi connectivity index (χ0) is 17.8. The van der Waals surface area contributed by atoms with Gasteiger partial charge in [-0.15, -0.1) is 0 Å². The van der Waals surface area contributed by atoms with Crippen molar-refractivity contribution in [1.29, 1.82) is 0 Å². The maximum Gasteiger partial charge on any atom is 0.307 e. The molecule has 1 N–H and O–H groups in total. The fraction of sp³-hybridized carbons (Fsp3) is 0.474. The van der Waals surface area contributed by atoms with Gasteiger partial charge in [0.05, 0.1) is 12.5 Å². The van der Waals surface area contributed by atoms with Crippen LogP contribution in [0.5, 0.6) is 0 Å². The van der Waals surface area contributed by atoms with Gasteiger partial charge in [0.25, 0.3) is 5.91 Å². The minimum Gasteiger partial charge on any atom is -0.463 e. The first kappa shape index (κ1) is 17.5. The van der Waals surface area contributed by atoms with Crippen LogP contribution in [0, 0.1) is 0 Å². The van der Waals surface area contributed by atoms with E-state index in [9.17, 15) is 9.59 Å². The number of nitrogens with one attached hydrogen (secondary N) is 1. The summed E-state index contributed by atoms with van der Waals surface area (Å²) in [5.74, 6) is -0.123. The first-order chi connectivity index (χ1) is 12.0. The van der Waals surface area contributed by atoms with Crippen molar-refractivity contribution in [1.82, 2.24) is 14.8 Å². The molecular weight excluding hydrogens is 318 g/mol. The summed E-state index contributed by atoms with van der Waals surface area (Å²) in [6, 6.07) is 9.80. The monoisotopic (exact) mass is 343 g/mol. The number of para-hydroxylation sites is 1. The highest BCUT2D eigenvalue weighted by Crippen LogP contribution is 2.17. The van der Waals surface area contributed by atoms with Crippen LogP contribution in [0.3, 0.4) is 0 Å². The summed E-state index contributed by atoms with van der Waals surface area (Å²) in [4.78, 5) is 31.6. The number of fused-ring (bicyclic) bond motifs is 1. The van der Waals surface area contributed by atoms with Crippen LogP contribution in [0.1, 0.15) is 30.8 Å². The van der Waals surface area contributed by atoms with Crippen LogP contribution < -0.4 is 0 Å². The normalized spacial score (nSPS) is 15.7. The second-order valence-electron chi connectivity index (χ2n) is 6.69. The zero-order valence-corrected chi connectivity index (χ0v) is 14.8. The smallest absolute Gasteiger partial charge is 0.307 e. The fourth-order valence-electron chi connectivity index (χ4n) is 3.10. The number of carbonyl (C=O) groups excluding carboxylic acids is 2. The summed E-state index contributed by atoms with van der Waals surface area (Å²) in [7, 11) is 0. The zero-order valence-electron chi connectivity index (χ0n) is 14.8. The largest absolute Gasteiger partial charge is 0.463 e. The Bertz CT molecular complexity index is 712. The van der Waals surface area contributed by atoms with Crippen LogP contribution in [-0.2, 0) is 9.53 Å². The molecule has 6 nitrogen and oxygen atoms in total. The van der Waals surface area contributed by atoms with E-state index < -0.39 is 0 Å². The summed E-state index contributed by atoms with van der Waals surface area (Å²) in [6.07, 6.45) is 0.326. The van der Waals surface area contributed by atoms with Crippen LogP contribution in [0.25, 0.3) is 10.9 Å². The maximum absolute atomic E-state index is 12.7. The average molecular weight is 343 g/mol. The van der Waals surface area contributed by atoms with Crippen molar-refractivity contribution in [2.45, 2.75) is 26.4 Å². The molecule has 0 atom stereocenters. The second kappa shape index (κ2) is 7.70. The Labute approximate surface area is 147 Å². The average Bonchev–Trinajstić information content (AvgIpc) is 3.03. The molecule has 25 heavy (non-hydrogen) atoms. The molecule has 0 bridgehead atoms. The van der Waals surface area contributed by atoms with Crippen molar-refractivity contribution < 1.29 is 14.3 Å². The molecule has 0 spiro atoms. The van der Waals surface area contributed by atoms with Gasteiger partial charge in [-0.3, -0.25) is 14.5 Å². The number of nitrogens with zero attached hydrogens (tertiary/aromatic N) is 2. The van der Waals surface area contributed by atoms with Crippen LogP contribution >= 0.6 is 0 Å². The van der Waals surface area contributed by atoms with Gasteiger partial charge in [0.1, 0.15) is 5.69 Å². The lowest BCUT2D eigenvalue weighted by atomic mass is 10.2. The highest BCUT2D eigenvalue weighted by molar-refractivity contribution is 5.98. The third-order valence-corrected chi connectivity index (χ3v) is 4.42. The molecule has 0 saturated carbocycles. The van der Waals surface area contributed by atoms with Gasteiger partial charge in [0, 0.05) is 43.6 Å². The van der Waals surface area contributed by atoms with Crippen molar-refractivity contribution in [2.75, 3.05) is 32.7 Å². The van der Waals surface area contributed by atoms with Gasteiger partial charge >= 0.3 is 5.97 Å². The van der Waals surface area contributed by atoms with Crippen molar-refractivity contribution in [3.8, 4) is 0 Å². The van der Waals surface area contributed by atoms with E-state index in [0.29, 0.717) is 31.7 Å². The molecule has 1 fully saturated rings. The molecule has 1 saturated heterocycles. The first-order valence-electron chi connectivity index (χ1n) is 8.82. The highest BCUT2D eigenvalue weighted by Gasteiger charge is 2.23. The van der Waals surface area contributed by atoms with Crippen molar-refractivity contribution in [3.63, 3.8) is 0 Å². The standard InChI is InChI=1S/C19H25N3O3/c1-14(2)25-18(23)7-8-21-9-11-22(12-10-21)19(24)17-13-15-5-3-4-6-16(15)20-17/h3-6,13-14,20H,7-12H2,1-2H3. The Morgan fingerprint density at radius 1 is 1.16 bits per heavy atom. The Hall–Kier alpha value is -2.34. The van der Waals surface area contributed by atoms with E-state index in [-0.39, 0.29) is 18.0 Å². The minimum atomic E-state index is -0.161. The molecule has 0 radical (unpaired) electrons. The molecule has 1 aromatic heterocycles. The SMILES string of the molecule is CC(C)OC(=O)CCN1CCN(C(=O)c2cc3ccccc3[nH]2)CC1. The van der Waals surface area contributed by atoms with Gasteiger partial charge < -0.3 is 14.6 Å². The summed E-state index contributed by atoms with van der Waals surface area (Å²) < 4.78 is 5.15. The molecule has 1 aliphatic rings. The summed E-state index contributed by atoms with van der Waals surface area (Å²) in [5, 5.41) is 1.05. The van der Waals surface area contributed by atoms with E-state index in [2.05, 4.69) is 9.88 Å². The summed E-state index contributed by atoms with van der Waals surface area (Å²) in [6.45, 7) is 7.29. The van der Waals surface area contributed by atoms with Gasteiger partial charge in [-0.1, -0.05) is 18.2 Å². The Morgan fingerprint density at radius 3 is 2.56 bits per heavy atom. The molecule has 1 aliphatic heterocycles. The van der Waals surface area contributed by atoms with Gasteiger partial charge in [-0.2, -0.15) is 0 Å². The lowest BCUT2D eigenvalue weighted by Gasteiger charge is -2.34. The van der Waals surface area contributed by atoms with Gasteiger partial charge in [-0.05, 0) is 26.0 Å². The van der Waals surface area contributed by atoms with Crippen LogP contribution in [0.2, 0.25) is 0 Å². The van der Waals surface area contributed by atoms with Crippen LogP contribution in [0.4, 0.5) is 0 Å². The molecule has 0 aliphatic carbocycles. The van der Waals surface area contributed by atoms with Crippen LogP contribution in [-0.4, -0.2) is 65.5 Å². The van der Waals surface area contributed by atoms with E-state index in [1.165, 1.54) is 0 Å². The number of hydrogen-bond donors (Lipinski definition) is 1. The Kier molecular flexibility index (Phi) is 5.38. The van der Waals surface area contributed by atoms with E-state index in [4.69, 9.17) is 4.74 Å². The topological polar surface area (TPSA) is 65.6 Å². The molecule has 1 aromatic carbocycles. The molecule has 2 aromatic rings. The summed E-state index contributed by atoms with van der Waals surface area (Å²) >= 11 is 0. The van der Waals surface area contributed by atoms with Gasteiger partial charge in [-0.25, -0.2) is 0 Å². The van der Waals surface area contributed by atoms with Crippen LogP contribution in [0.15, 0.2) is 30.3 Å². The number of aromatic amines is 1. The summed E-state index contributed by atoms with van der Waals surface area (Å²) in [5.41, 5.74) is 1.61. The number of esters is 1. The van der Waals surface area contributed by atoms with Gasteiger partial charge in [0.2, 0.25) is 0 Å². The molecule has 2 heterocycles. The van der Waals surface area contributed by atoms with E-state index in [0.717, 1.165) is 24.0 Å². The number of hydrogen-bond acceptors (Lipinski definition) is 4. The van der Waals surface area contributed by atoms with Crippen molar-refractivity contribution >= 4 is 22.8 Å². The lowest BCUT2D eigenvalue weighted by Crippen LogP contribution is -2.49. The molecule has 3 rings (SSSR count). The molecule has 134 valence electrons. The maximum atomic E-state index is 12.7. The highest BCUT2D eigenvalue weighted by atomic mass is 16.5. The van der Waals surface area contributed by atoms with E-state index in [1.54, 1.807) is 0 Å². The number of aromatic nitrogens is 1. The van der Waals surface area contributed by atoms with E-state index in [1.807, 2.05) is 49.1 Å². The number of rotatable bonds is 5. The van der Waals surface area contributed by atoms with E-state index >= 15 is 0 Å². The predicted molar refractivity (Wildman–Crippen MR) is 96.5 cm³/mol. The first-order valence-corrected chi connectivity index (χ1v) is 8.82. The number of H-pyrrole nitrogens is 1. The lowest BCUT2D eigenvalue weighted by molar-refractivity contribution is -0.147. The Balaban J connectivity index is 1.50. The minimum absolute atomic E-state index is 0.0371. The number of carbonyl (C=O) groups is 2. The molecule has 0 unspecified atom stereocenters. The molecule has 1 amide bonds. The van der Waals surface area contributed by atoms with Gasteiger partial charge in [0.15, 0.2) is 0 Å². The number of amides is 1. The number of benzene rings is 1. The quantitative estimate of drug-likeness (QED) is 0.846. The molecule has 6 heteroatoms. The third kappa shape index (κ3) is 4.39. The Morgan fingerprint density at radius 2 is 1.88 bits per heavy atom. The van der Waals surface area contributed by atoms with Crippen molar-refractivity contribution in [2.24, 2.45) is 0 Å². The second-order valence-corrected chi connectivity index (χ2v) is 6.69. The predicted octanol–water partition coefficient (Wildman–Crippen LogP) is 2.27. The third-order valence-electron chi connectivity index (χ3n) is 4.42.